The van der Waals surface area contributed by atoms with Crippen LogP contribution in [0.1, 0.15) is 47.6 Å². The molecule has 0 N–H and O–H groups in total. The van der Waals surface area contributed by atoms with Gasteiger partial charge in [-0.15, -0.1) is 0 Å². The Bertz CT molecular complexity index is 762. The summed E-state index contributed by atoms with van der Waals surface area (Å²) in [5, 5.41) is 0. The Balaban J connectivity index is 1.34. The van der Waals surface area contributed by atoms with Crippen molar-refractivity contribution in [3.05, 3.63) is 23.3 Å². The van der Waals surface area contributed by atoms with Gasteiger partial charge in [0.05, 0.1) is 12.2 Å². The molecule has 3 aliphatic heterocycles. The quantitative estimate of drug-likeness (QED) is 0.738. The number of fused-ring (bicyclic) bond motifs is 1. The van der Waals surface area contributed by atoms with Crippen molar-refractivity contribution in [2.75, 3.05) is 53.4 Å². The molecule has 1 unspecified atom stereocenters. The topological polar surface area (TPSA) is 72.9 Å². The van der Waals surface area contributed by atoms with Crippen LogP contribution in [-0.2, 0) is 17.8 Å². The van der Waals surface area contributed by atoms with E-state index >= 15 is 0 Å². The molecule has 1 aromatic heterocycles. The van der Waals surface area contributed by atoms with E-state index < -0.39 is 0 Å². The number of carbonyl (C=O) groups is 2. The number of likely N-dealkylation sites (N-methyl/N-ethyl adjacent to an activating group) is 1. The third-order valence-electron chi connectivity index (χ3n) is 6.45. The minimum Gasteiger partial charge on any atom is -0.340 e. The SMILES string of the molecule is CN(C)C1CCN(C(=O)CN2CCc3nc(C(=O)N4CCCCC4)ncc3C2)C1. The fraction of sp³-hybridized carbons (Fsp3) is 0.714. The predicted molar refractivity (Wildman–Crippen MR) is 109 cm³/mol. The third-order valence-corrected chi connectivity index (χ3v) is 6.45. The summed E-state index contributed by atoms with van der Waals surface area (Å²) in [5.74, 6) is 0.479. The third kappa shape index (κ3) is 4.59. The lowest BCUT2D eigenvalue weighted by Crippen LogP contribution is -2.43. The van der Waals surface area contributed by atoms with Crippen molar-refractivity contribution < 1.29 is 9.59 Å². The summed E-state index contributed by atoms with van der Waals surface area (Å²) < 4.78 is 0. The van der Waals surface area contributed by atoms with E-state index in [9.17, 15) is 9.59 Å². The average Bonchev–Trinajstić information content (AvgIpc) is 3.24. The molecule has 2 fully saturated rings. The van der Waals surface area contributed by atoms with Crippen LogP contribution in [0.2, 0.25) is 0 Å². The lowest BCUT2D eigenvalue weighted by molar-refractivity contribution is -0.131. The average molecular weight is 401 g/mol. The summed E-state index contributed by atoms with van der Waals surface area (Å²) in [6.45, 7) is 5.18. The molecule has 8 nitrogen and oxygen atoms in total. The zero-order valence-corrected chi connectivity index (χ0v) is 17.6. The molecule has 2 saturated heterocycles. The van der Waals surface area contributed by atoms with E-state index in [1.54, 1.807) is 6.20 Å². The van der Waals surface area contributed by atoms with Gasteiger partial charge in [-0.05, 0) is 39.8 Å². The summed E-state index contributed by atoms with van der Waals surface area (Å²) in [5.41, 5.74) is 1.99. The smallest absolute Gasteiger partial charge is 0.291 e. The zero-order chi connectivity index (χ0) is 20.4. The highest BCUT2D eigenvalue weighted by Crippen LogP contribution is 2.19. The van der Waals surface area contributed by atoms with E-state index in [0.717, 1.165) is 69.7 Å². The van der Waals surface area contributed by atoms with Crippen LogP contribution in [0.3, 0.4) is 0 Å². The summed E-state index contributed by atoms with van der Waals surface area (Å²) in [6, 6.07) is 0.463. The molecule has 4 rings (SSSR count). The van der Waals surface area contributed by atoms with E-state index in [4.69, 9.17) is 0 Å². The van der Waals surface area contributed by atoms with E-state index in [1.165, 1.54) is 6.42 Å². The van der Waals surface area contributed by atoms with Crippen molar-refractivity contribution in [2.24, 2.45) is 0 Å². The normalized spacial score (nSPS) is 22.8. The number of likely N-dealkylation sites (tertiary alicyclic amines) is 2. The molecule has 8 heteroatoms. The zero-order valence-electron chi connectivity index (χ0n) is 17.6. The number of aromatic nitrogens is 2. The standard InChI is InChI=1S/C21H32N6O2/c1-24(2)17-6-11-27(14-17)19(28)15-25-10-7-18-16(13-25)12-22-20(23-18)21(29)26-8-4-3-5-9-26/h12,17H,3-11,13-15H2,1-2H3. The molecule has 0 aliphatic carbocycles. The fourth-order valence-corrected chi connectivity index (χ4v) is 4.53. The summed E-state index contributed by atoms with van der Waals surface area (Å²) in [6.07, 6.45) is 6.90. The minimum atomic E-state index is -0.0467. The molecule has 0 aromatic carbocycles. The van der Waals surface area contributed by atoms with E-state index in [2.05, 4.69) is 33.9 Å². The van der Waals surface area contributed by atoms with Gasteiger partial charge in [0, 0.05) is 63.5 Å². The largest absolute Gasteiger partial charge is 0.340 e. The summed E-state index contributed by atoms with van der Waals surface area (Å²) in [4.78, 5) is 42.5. The number of hydrogen-bond acceptors (Lipinski definition) is 6. The van der Waals surface area contributed by atoms with Crippen molar-refractivity contribution in [1.82, 2.24) is 29.6 Å². The highest BCUT2D eigenvalue weighted by molar-refractivity contribution is 5.90. The van der Waals surface area contributed by atoms with Gasteiger partial charge >= 0.3 is 0 Å². The second kappa shape index (κ2) is 8.75. The van der Waals surface area contributed by atoms with Crippen molar-refractivity contribution >= 4 is 11.8 Å². The van der Waals surface area contributed by atoms with Gasteiger partial charge in [-0.25, -0.2) is 9.97 Å². The van der Waals surface area contributed by atoms with Gasteiger partial charge in [0.25, 0.3) is 5.91 Å². The molecular weight excluding hydrogens is 368 g/mol. The van der Waals surface area contributed by atoms with Crippen LogP contribution in [0.15, 0.2) is 6.20 Å². The first-order valence-corrected chi connectivity index (χ1v) is 10.8. The van der Waals surface area contributed by atoms with Gasteiger partial charge < -0.3 is 14.7 Å². The number of piperidine rings is 1. The Kier molecular flexibility index (Phi) is 6.10. The summed E-state index contributed by atoms with van der Waals surface area (Å²) in [7, 11) is 4.15. The van der Waals surface area contributed by atoms with Gasteiger partial charge in [-0.3, -0.25) is 14.5 Å². The number of amides is 2. The monoisotopic (exact) mass is 400 g/mol. The maximum Gasteiger partial charge on any atom is 0.291 e. The molecule has 158 valence electrons. The molecule has 0 saturated carbocycles. The van der Waals surface area contributed by atoms with E-state index in [-0.39, 0.29) is 11.8 Å². The summed E-state index contributed by atoms with van der Waals surface area (Å²) >= 11 is 0. The maximum absolute atomic E-state index is 12.7. The van der Waals surface area contributed by atoms with Crippen LogP contribution in [0.25, 0.3) is 0 Å². The Morgan fingerprint density at radius 2 is 1.90 bits per heavy atom. The van der Waals surface area contributed by atoms with Gasteiger partial charge in [-0.1, -0.05) is 0 Å². The first kappa shape index (κ1) is 20.2. The molecular formula is C21H32N6O2. The van der Waals surface area contributed by atoms with E-state index in [0.29, 0.717) is 25.0 Å². The van der Waals surface area contributed by atoms with Crippen LogP contribution >= 0.6 is 0 Å². The molecule has 29 heavy (non-hydrogen) atoms. The van der Waals surface area contributed by atoms with Crippen LogP contribution in [0.5, 0.6) is 0 Å². The lowest BCUT2D eigenvalue weighted by Gasteiger charge is -2.30. The number of nitrogens with zero attached hydrogens (tertiary/aromatic N) is 6. The molecule has 1 atom stereocenters. The first-order valence-electron chi connectivity index (χ1n) is 10.8. The molecule has 2 amide bonds. The molecule has 1 aromatic rings. The lowest BCUT2D eigenvalue weighted by atomic mass is 10.1. The van der Waals surface area contributed by atoms with Gasteiger partial charge in [0.1, 0.15) is 0 Å². The predicted octanol–water partition coefficient (Wildman–Crippen LogP) is 0.623. The molecule has 0 radical (unpaired) electrons. The Labute approximate surface area is 172 Å². The van der Waals surface area contributed by atoms with Crippen molar-refractivity contribution in [3.63, 3.8) is 0 Å². The second-order valence-electron chi connectivity index (χ2n) is 8.72. The van der Waals surface area contributed by atoms with Crippen molar-refractivity contribution in [3.8, 4) is 0 Å². The minimum absolute atomic E-state index is 0.0467. The fourth-order valence-electron chi connectivity index (χ4n) is 4.53. The van der Waals surface area contributed by atoms with E-state index in [1.807, 2.05) is 9.80 Å². The Hall–Kier alpha value is -2.06. The van der Waals surface area contributed by atoms with Crippen LogP contribution < -0.4 is 0 Å². The highest BCUT2D eigenvalue weighted by atomic mass is 16.2. The Morgan fingerprint density at radius 1 is 1.10 bits per heavy atom. The molecule has 0 spiro atoms. The highest BCUT2D eigenvalue weighted by Gasteiger charge is 2.30. The molecule has 4 heterocycles. The van der Waals surface area contributed by atoms with Crippen molar-refractivity contribution in [2.45, 2.75) is 44.7 Å². The number of carbonyl (C=O) groups excluding carboxylic acids is 2. The van der Waals surface area contributed by atoms with Crippen LogP contribution in [0, 0.1) is 0 Å². The Morgan fingerprint density at radius 3 is 2.62 bits per heavy atom. The van der Waals surface area contributed by atoms with Gasteiger partial charge in [-0.2, -0.15) is 0 Å². The number of hydrogen-bond donors (Lipinski definition) is 0. The number of rotatable bonds is 4. The molecule has 0 bridgehead atoms. The first-order chi connectivity index (χ1) is 14.0. The van der Waals surface area contributed by atoms with Crippen molar-refractivity contribution in [1.29, 1.82) is 0 Å². The maximum atomic E-state index is 12.7. The molecule has 3 aliphatic rings. The van der Waals surface area contributed by atoms with Crippen LogP contribution in [-0.4, -0.2) is 101 Å². The van der Waals surface area contributed by atoms with Crippen LogP contribution in [0.4, 0.5) is 0 Å². The second-order valence-corrected chi connectivity index (χ2v) is 8.72. The van der Waals surface area contributed by atoms with Gasteiger partial charge in [0.2, 0.25) is 11.7 Å². The van der Waals surface area contributed by atoms with Gasteiger partial charge in [0.15, 0.2) is 0 Å².